The van der Waals surface area contributed by atoms with Crippen molar-refractivity contribution in [2.24, 2.45) is 0 Å². The minimum absolute atomic E-state index is 0.123. The molecule has 8 nitrogen and oxygen atoms in total. The van der Waals surface area contributed by atoms with Crippen molar-refractivity contribution in [3.8, 4) is 0 Å². The molecule has 2 aliphatic heterocycles. The fourth-order valence-electron chi connectivity index (χ4n) is 4.98. The SMILES string of the molecule is CCCCCCC(=O)OCC1=C(COC(=O)CCCCCC)SC(=C2SC(COC(=O)CCCCCC)=C(COC(=O)CCCCCC)S2)S1. The van der Waals surface area contributed by atoms with E-state index in [-0.39, 0.29) is 50.3 Å². The number of carbonyl (C=O) groups is 4. The zero-order valence-corrected chi connectivity index (χ0v) is 34.1. The lowest BCUT2D eigenvalue weighted by Crippen LogP contribution is -2.09. The van der Waals surface area contributed by atoms with E-state index < -0.39 is 0 Å². The van der Waals surface area contributed by atoms with Crippen LogP contribution in [0.15, 0.2) is 28.1 Å². The monoisotopic (exact) mass is 772 g/mol. The molecule has 0 aliphatic carbocycles. The number of rotatable bonds is 28. The molecule has 0 bridgehead atoms. The van der Waals surface area contributed by atoms with E-state index >= 15 is 0 Å². The van der Waals surface area contributed by atoms with E-state index in [1.807, 2.05) is 0 Å². The van der Waals surface area contributed by atoms with Crippen LogP contribution < -0.4 is 0 Å². The lowest BCUT2D eigenvalue weighted by Gasteiger charge is -2.08. The summed E-state index contributed by atoms with van der Waals surface area (Å²) in [5.41, 5.74) is 0. The molecule has 2 aliphatic rings. The largest absolute Gasteiger partial charge is 0.460 e. The Bertz CT molecular complexity index is 991. The van der Waals surface area contributed by atoms with E-state index in [1.165, 1.54) is 47.0 Å². The summed E-state index contributed by atoms with van der Waals surface area (Å²) in [6, 6.07) is 0. The highest BCUT2D eigenvalue weighted by atomic mass is 32.2. The predicted octanol–water partition coefficient (Wildman–Crippen LogP) is 11.6. The van der Waals surface area contributed by atoms with Crippen molar-refractivity contribution in [3.05, 3.63) is 28.1 Å². The topological polar surface area (TPSA) is 105 Å². The third-order valence-electron chi connectivity index (χ3n) is 8.05. The van der Waals surface area contributed by atoms with Crippen LogP contribution >= 0.6 is 47.0 Å². The van der Waals surface area contributed by atoms with E-state index in [9.17, 15) is 19.2 Å². The van der Waals surface area contributed by atoms with E-state index in [0.29, 0.717) is 25.7 Å². The van der Waals surface area contributed by atoms with Gasteiger partial charge in [-0.15, -0.1) is 0 Å². The van der Waals surface area contributed by atoms with Gasteiger partial charge in [-0.25, -0.2) is 0 Å². The molecule has 0 saturated carbocycles. The molecule has 0 radical (unpaired) electrons. The van der Waals surface area contributed by atoms with Crippen molar-refractivity contribution < 1.29 is 38.1 Å². The van der Waals surface area contributed by atoms with Crippen molar-refractivity contribution in [2.45, 2.75) is 156 Å². The number of thioether (sulfide) groups is 4. The van der Waals surface area contributed by atoms with Crippen molar-refractivity contribution in [1.29, 1.82) is 0 Å². The minimum atomic E-state index is -0.226. The van der Waals surface area contributed by atoms with Gasteiger partial charge in [0.2, 0.25) is 0 Å². The summed E-state index contributed by atoms with van der Waals surface area (Å²) in [6.07, 6.45) is 17.6. The summed E-state index contributed by atoms with van der Waals surface area (Å²) in [4.78, 5) is 53.5. The Morgan fingerprint density at radius 2 is 0.580 bits per heavy atom. The molecule has 0 aromatic carbocycles. The molecule has 284 valence electrons. The van der Waals surface area contributed by atoms with Crippen LogP contribution in [0, 0.1) is 0 Å². The van der Waals surface area contributed by atoms with Gasteiger partial charge in [-0.3, -0.25) is 19.2 Å². The first-order valence-corrected chi connectivity index (χ1v) is 22.1. The standard InChI is InChI=1S/C38H60O8S4/c1-5-9-13-17-21-33(39)43-25-29-30(26-44-34(40)22-18-14-10-6-2)48-37(47-29)38-49-31(27-45-35(41)23-19-15-11-7-3)32(50-38)28-46-36(42)24-20-16-12-8-4/h5-28H2,1-4H3. The Kier molecular flexibility index (Phi) is 25.1. The van der Waals surface area contributed by atoms with Gasteiger partial charge in [0.15, 0.2) is 0 Å². The maximum Gasteiger partial charge on any atom is 0.306 e. The number of hydrogen-bond donors (Lipinski definition) is 0. The molecular weight excluding hydrogens is 713 g/mol. The van der Waals surface area contributed by atoms with Crippen LogP contribution in [0.5, 0.6) is 0 Å². The zero-order chi connectivity index (χ0) is 36.4. The highest BCUT2D eigenvalue weighted by molar-refractivity contribution is 8.34. The minimum Gasteiger partial charge on any atom is -0.460 e. The molecule has 0 N–H and O–H groups in total. The molecule has 0 amide bonds. The van der Waals surface area contributed by atoms with Crippen LogP contribution in [0.1, 0.15) is 156 Å². The van der Waals surface area contributed by atoms with Crippen LogP contribution in [0.3, 0.4) is 0 Å². The smallest absolute Gasteiger partial charge is 0.306 e. The third kappa shape index (κ3) is 19.4. The molecule has 12 heteroatoms. The summed E-state index contributed by atoms with van der Waals surface area (Å²) in [6.45, 7) is 9.04. The summed E-state index contributed by atoms with van der Waals surface area (Å²) in [5, 5.41) is 0. The van der Waals surface area contributed by atoms with E-state index in [1.54, 1.807) is 0 Å². The van der Waals surface area contributed by atoms with Gasteiger partial charge in [-0.05, 0) is 25.7 Å². The van der Waals surface area contributed by atoms with Crippen molar-refractivity contribution in [3.63, 3.8) is 0 Å². The average Bonchev–Trinajstić information content (AvgIpc) is 3.72. The molecule has 0 aromatic rings. The Hall–Kier alpha value is -1.50. The number of carbonyl (C=O) groups excluding carboxylic acids is 4. The summed E-state index contributed by atoms with van der Waals surface area (Å²) in [5.74, 6) is -0.902. The zero-order valence-electron chi connectivity index (χ0n) is 30.9. The third-order valence-corrected chi connectivity index (χ3v) is 13.8. The quantitative estimate of drug-likeness (QED) is 0.0429. The van der Waals surface area contributed by atoms with Gasteiger partial charge in [0.05, 0.1) is 8.47 Å². The molecule has 2 rings (SSSR count). The molecular formula is C38H60O8S4. The Morgan fingerprint density at radius 1 is 0.360 bits per heavy atom. The number of hydrogen-bond acceptors (Lipinski definition) is 12. The van der Waals surface area contributed by atoms with Gasteiger partial charge < -0.3 is 18.9 Å². The number of esters is 4. The fourth-order valence-corrected chi connectivity index (χ4v) is 10.4. The predicted molar refractivity (Wildman–Crippen MR) is 210 cm³/mol. The number of ether oxygens (including phenoxy) is 4. The van der Waals surface area contributed by atoms with Crippen LogP contribution in [0.25, 0.3) is 0 Å². The molecule has 0 aromatic heterocycles. The van der Waals surface area contributed by atoms with Gasteiger partial charge in [0.25, 0.3) is 0 Å². The Morgan fingerprint density at radius 3 is 0.780 bits per heavy atom. The maximum absolute atomic E-state index is 12.5. The maximum atomic E-state index is 12.5. The summed E-state index contributed by atoms with van der Waals surface area (Å²) >= 11 is 6.08. The normalized spacial score (nSPS) is 14.5. The summed E-state index contributed by atoms with van der Waals surface area (Å²) < 4.78 is 24.7. The molecule has 0 unspecified atom stereocenters. The van der Waals surface area contributed by atoms with Gasteiger partial charge in [0, 0.05) is 45.3 Å². The molecule has 0 fully saturated rings. The fraction of sp³-hybridized carbons (Fsp3) is 0.737. The van der Waals surface area contributed by atoms with Crippen molar-refractivity contribution in [1.82, 2.24) is 0 Å². The molecule has 0 spiro atoms. The van der Waals surface area contributed by atoms with Crippen molar-refractivity contribution in [2.75, 3.05) is 26.4 Å². The Labute approximate surface area is 318 Å². The lowest BCUT2D eigenvalue weighted by atomic mass is 10.2. The van der Waals surface area contributed by atoms with Gasteiger partial charge in [0.1, 0.15) is 26.4 Å². The lowest BCUT2D eigenvalue weighted by molar-refractivity contribution is -0.144. The molecule has 50 heavy (non-hydrogen) atoms. The number of unbranched alkanes of at least 4 members (excludes halogenated alkanes) is 12. The van der Waals surface area contributed by atoms with Crippen LogP contribution in [-0.4, -0.2) is 50.3 Å². The van der Waals surface area contributed by atoms with E-state index in [4.69, 9.17) is 18.9 Å². The van der Waals surface area contributed by atoms with Crippen LogP contribution in [0.2, 0.25) is 0 Å². The summed E-state index contributed by atoms with van der Waals surface area (Å²) in [7, 11) is 0. The van der Waals surface area contributed by atoms with E-state index in [2.05, 4.69) is 27.7 Å². The highest BCUT2D eigenvalue weighted by Crippen LogP contribution is 2.60. The molecule has 0 saturated heterocycles. The second-order valence-electron chi connectivity index (χ2n) is 12.6. The average molecular weight is 773 g/mol. The Balaban J connectivity index is 2.13. The first-order chi connectivity index (χ1) is 24.3. The van der Waals surface area contributed by atoms with E-state index in [0.717, 1.165) is 131 Å². The molecule has 0 atom stereocenters. The van der Waals surface area contributed by atoms with Crippen LogP contribution in [-0.2, 0) is 38.1 Å². The van der Waals surface area contributed by atoms with Gasteiger partial charge >= 0.3 is 23.9 Å². The molecule has 2 heterocycles. The highest BCUT2D eigenvalue weighted by Gasteiger charge is 2.32. The van der Waals surface area contributed by atoms with Crippen LogP contribution in [0.4, 0.5) is 0 Å². The first-order valence-electron chi connectivity index (χ1n) is 18.8. The first kappa shape index (κ1) is 44.7. The second-order valence-corrected chi connectivity index (χ2v) is 17.5. The van der Waals surface area contributed by atoms with Gasteiger partial charge in [-0.1, -0.05) is 152 Å². The second kappa shape index (κ2) is 28.1. The van der Waals surface area contributed by atoms with Gasteiger partial charge in [-0.2, -0.15) is 0 Å². The van der Waals surface area contributed by atoms with Crippen molar-refractivity contribution >= 4 is 70.9 Å².